The van der Waals surface area contributed by atoms with Gasteiger partial charge < -0.3 is 10.6 Å². The molecular weight excluding hydrogens is 263 g/mol. The van der Waals surface area contributed by atoms with E-state index in [1.54, 1.807) is 12.1 Å². The summed E-state index contributed by atoms with van der Waals surface area (Å²) in [4.78, 5) is 1.93. The Kier molecular flexibility index (Phi) is 4.63. The summed E-state index contributed by atoms with van der Waals surface area (Å²) in [6.45, 7) is 6.71. The van der Waals surface area contributed by atoms with Gasteiger partial charge in [-0.25, -0.2) is 4.39 Å². The summed E-state index contributed by atoms with van der Waals surface area (Å²) in [6, 6.07) is 11.1. The maximum Gasteiger partial charge on any atom is 0.146 e. The molecule has 0 fully saturated rings. The Morgan fingerprint density at radius 2 is 1.67 bits per heavy atom. The minimum atomic E-state index is -0.221. The molecule has 3 heteroatoms. The first kappa shape index (κ1) is 15.5. The van der Waals surface area contributed by atoms with Crippen molar-refractivity contribution < 1.29 is 4.39 Å². The lowest BCUT2D eigenvalue weighted by Gasteiger charge is -2.32. The van der Waals surface area contributed by atoms with Gasteiger partial charge in [0.05, 0.1) is 11.7 Å². The number of rotatable bonds is 4. The number of para-hydroxylation sites is 1. The highest BCUT2D eigenvalue weighted by molar-refractivity contribution is 5.52. The topological polar surface area (TPSA) is 29.3 Å². The van der Waals surface area contributed by atoms with E-state index in [1.807, 2.05) is 18.0 Å². The molecule has 0 aromatic heterocycles. The van der Waals surface area contributed by atoms with E-state index in [9.17, 15) is 4.39 Å². The summed E-state index contributed by atoms with van der Waals surface area (Å²) >= 11 is 0. The van der Waals surface area contributed by atoms with Crippen molar-refractivity contribution in [2.45, 2.75) is 26.8 Å². The van der Waals surface area contributed by atoms with Crippen molar-refractivity contribution in [2.75, 3.05) is 18.5 Å². The van der Waals surface area contributed by atoms with Crippen LogP contribution in [0.3, 0.4) is 0 Å². The fraction of sp³-hybridized carbons (Fsp3) is 0.333. The van der Waals surface area contributed by atoms with Crippen LogP contribution >= 0.6 is 0 Å². The minimum absolute atomic E-state index is 0.0394. The number of benzene rings is 2. The molecule has 0 saturated carbocycles. The third-order valence-corrected chi connectivity index (χ3v) is 3.99. The Labute approximate surface area is 126 Å². The summed E-state index contributed by atoms with van der Waals surface area (Å²) < 4.78 is 14.0. The van der Waals surface area contributed by atoms with Crippen molar-refractivity contribution in [2.24, 2.45) is 5.73 Å². The van der Waals surface area contributed by atoms with Gasteiger partial charge in [0.15, 0.2) is 0 Å². The van der Waals surface area contributed by atoms with Crippen LogP contribution in [0.5, 0.6) is 0 Å². The molecule has 112 valence electrons. The molecular formula is C18H23FN2. The molecule has 2 aromatic carbocycles. The van der Waals surface area contributed by atoms with Crippen LogP contribution in [-0.2, 0) is 0 Å². The molecule has 1 unspecified atom stereocenters. The molecule has 0 aliphatic heterocycles. The molecule has 0 aliphatic carbocycles. The van der Waals surface area contributed by atoms with Gasteiger partial charge in [0.2, 0.25) is 0 Å². The zero-order chi connectivity index (χ0) is 15.6. The summed E-state index contributed by atoms with van der Waals surface area (Å²) in [5.41, 5.74) is 11.4. The molecule has 2 N–H and O–H groups in total. The molecule has 2 nitrogen and oxygen atoms in total. The van der Waals surface area contributed by atoms with Gasteiger partial charge in [-0.15, -0.1) is 0 Å². The molecule has 0 saturated heterocycles. The first-order valence-corrected chi connectivity index (χ1v) is 7.21. The first-order chi connectivity index (χ1) is 9.95. The van der Waals surface area contributed by atoms with Gasteiger partial charge in [-0.2, -0.15) is 0 Å². The van der Waals surface area contributed by atoms with E-state index in [0.29, 0.717) is 12.2 Å². The maximum atomic E-state index is 14.0. The van der Waals surface area contributed by atoms with Crippen LogP contribution in [0.15, 0.2) is 36.4 Å². The quantitative estimate of drug-likeness (QED) is 0.924. The molecule has 2 rings (SSSR count). The monoisotopic (exact) mass is 286 g/mol. The van der Waals surface area contributed by atoms with Gasteiger partial charge in [-0.05, 0) is 49.6 Å². The number of hydrogen-bond acceptors (Lipinski definition) is 2. The van der Waals surface area contributed by atoms with E-state index >= 15 is 0 Å². The van der Waals surface area contributed by atoms with Crippen LogP contribution < -0.4 is 10.6 Å². The number of hydrogen-bond donors (Lipinski definition) is 1. The van der Waals surface area contributed by atoms with Crippen LogP contribution in [0.4, 0.5) is 10.1 Å². The van der Waals surface area contributed by atoms with E-state index in [2.05, 4.69) is 32.9 Å². The van der Waals surface area contributed by atoms with E-state index in [0.717, 1.165) is 0 Å². The summed E-state index contributed by atoms with van der Waals surface area (Å²) in [6.07, 6.45) is 0. The SMILES string of the molecule is Cc1cc(C)c(C(CN)N(C)c2ccccc2F)c(C)c1. The van der Waals surface area contributed by atoms with Crippen molar-refractivity contribution in [1.29, 1.82) is 0 Å². The second kappa shape index (κ2) is 6.27. The smallest absolute Gasteiger partial charge is 0.146 e. The minimum Gasteiger partial charge on any atom is -0.364 e. The average Bonchev–Trinajstić information content (AvgIpc) is 2.42. The normalized spacial score (nSPS) is 12.3. The molecule has 0 bridgehead atoms. The van der Waals surface area contributed by atoms with E-state index in [-0.39, 0.29) is 11.9 Å². The van der Waals surface area contributed by atoms with Crippen molar-refractivity contribution in [1.82, 2.24) is 0 Å². The van der Waals surface area contributed by atoms with Crippen molar-refractivity contribution >= 4 is 5.69 Å². The van der Waals surface area contributed by atoms with Crippen LogP contribution in [0.1, 0.15) is 28.3 Å². The lowest BCUT2D eigenvalue weighted by Crippen LogP contribution is -2.32. The standard InChI is InChI=1S/C18H23FN2/c1-12-9-13(2)18(14(3)10-12)17(11-20)21(4)16-8-6-5-7-15(16)19/h5-10,17H,11,20H2,1-4H3. The van der Waals surface area contributed by atoms with Gasteiger partial charge in [-0.3, -0.25) is 0 Å². The fourth-order valence-electron chi connectivity index (χ4n) is 3.09. The molecule has 21 heavy (non-hydrogen) atoms. The van der Waals surface area contributed by atoms with E-state index < -0.39 is 0 Å². The largest absolute Gasteiger partial charge is 0.364 e. The molecule has 0 heterocycles. The molecule has 2 aromatic rings. The second-order valence-electron chi connectivity index (χ2n) is 5.63. The highest BCUT2D eigenvalue weighted by Crippen LogP contribution is 2.31. The van der Waals surface area contributed by atoms with Crippen molar-refractivity contribution in [3.63, 3.8) is 0 Å². The summed E-state index contributed by atoms with van der Waals surface area (Å²) in [7, 11) is 1.90. The van der Waals surface area contributed by atoms with Gasteiger partial charge >= 0.3 is 0 Å². The number of aryl methyl sites for hydroxylation is 3. The number of nitrogens with zero attached hydrogens (tertiary/aromatic N) is 1. The lowest BCUT2D eigenvalue weighted by atomic mass is 9.93. The van der Waals surface area contributed by atoms with Gasteiger partial charge in [0.1, 0.15) is 5.82 Å². The highest BCUT2D eigenvalue weighted by Gasteiger charge is 2.21. The number of likely N-dealkylation sites (N-methyl/N-ethyl adjacent to an activating group) is 1. The zero-order valence-electron chi connectivity index (χ0n) is 13.2. The van der Waals surface area contributed by atoms with E-state index in [4.69, 9.17) is 5.73 Å². The average molecular weight is 286 g/mol. The van der Waals surface area contributed by atoms with Crippen LogP contribution in [0.2, 0.25) is 0 Å². The van der Waals surface area contributed by atoms with Crippen molar-refractivity contribution in [3.05, 3.63) is 64.5 Å². The lowest BCUT2D eigenvalue weighted by molar-refractivity contribution is 0.601. The number of nitrogens with two attached hydrogens (primary N) is 1. The Balaban J connectivity index is 2.48. The predicted molar refractivity (Wildman–Crippen MR) is 87.3 cm³/mol. The van der Waals surface area contributed by atoms with Crippen molar-refractivity contribution in [3.8, 4) is 0 Å². The Hall–Kier alpha value is -1.87. The zero-order valence-corrected chi connectivity index (χ0v) is 13.2. The Morgan fingerprint density at radius 1 is 1.10 bits per heavy atom. The number of halogens is 1. The number of anilines is 1. The molecule has 0 radical (unpaired) electrons. The van der Waals surface area contributed by atoms with Gasteiger partial charge in [0.25, 0.3) is 0 Å². The Bertz CT molecular complexity index is 614. The molecule has 1 atom stereocenters. The third-order valence-electron chi connectivity index (χ3n) is 3.99. The molecule has 0 spiro atoms. The van der Waals surface area contributed by atoms with Crippen LogP contribution in [-0.4, -0.2) is 13.6 Å². The second-order valence-corrected chi connectivity index (χ2v) is 5.63. The fourth-order valence-corrected chi connectivity index (χ4v) is 3.09. The van der Waals surface area contributed by atoms with Crippen LogP contribution in [0.25, 0.3) is 0 Å². The third kappa shape index (κ3) is 3.08. The summed E-state index contributed by atoms with van der Waals surface area (Å²) in [5, 5.41) is 0. The van der Waals surface area contributed by atoms with Gasteiger partial charge in [0, 0.05) is 13.6 Å². The maximum absolute atomic E-state index is 14.0. The Morgan fingerprint density at radius 3 is 2.19 bits per heavy atom. The first-order valence-electron chi connectivity index (χ1n) is 7.21. The molecule has 0 amide bonds. The summed E-state index contributed by atoms with van der Waals surface area (Å²) in [5.74, 6) is -0.221. The molecule has 0 aliphatic rings. The van der Waals surface area contributed by atoms with E-state index in [1.165, 1.54) is 28.3 Å². The highest BCUT2D eigenvalue weighted by atomic mass is 19.1. The van der Waals surface area contributed by atoms with Gasteiger partial charge in [-0.1, -0.05) is 29.8 Å². The van der Waals surface area contributed by atoms with Crippen LogP contribution in [0, 0.1) is 26.6 Å². The predicted octanol–water partition coefficient (Wildman–Crippen LogP) is 3.89.